The summed E-state index contributed by atoms with van der Waals surface area (Å²) >= 11 is 0. The van der Waals surface area contributed by atoms with Gasteiger partial charge in [0.15, 0.2) is 12.0 Å². The minimum Gasteiger partial charge on any atom is -0.459 e. The largest absolute Gasteiger partial charge is 0.459 e. The summed E-state index contributed by atoms with van der Waals surface area (Å²) in [5.74, 6) is -0.234. The minimum absolute atomic E-state index is 0.0680. The van der Waals surface area contributed by atoms with Crippen LogP contribution in [0.15, 0.2) is 47.3 Å². The van der Waals surface area contributed by atoms with Crippen LogP contribution in [0.1, 0.15) is 34.8 Å². The van der Waals surface area contributed by atoms with Gasteiger partial charge in [-0.15, -0.1) is 5.43 Å². The Balaban J connectivity index is 2.14. The Bertz CT molecular complexity index is 619. The molecular formula is C15H18N3O3+. The zero-order chi connectivity index (χ0) is 15.2. The SMILES string of the molecule is CCN(CC)C(=O)c1ccc[n+](NC(=O)c2ccco2)c1. The zero-order valence-corrected chi connectivity index (χ0v) is 12.1. The van der Waals surface area contributed by atoms with Crippen LogP contribution in [0.5, 0.6) is 0 Å². The average molecular weight is 288 g/mol. The van der Waals surface area contributed by atoms with E-state index in [0.29, 0.717) is 18.7 Å². The van der Waals surface area contributed by atoms with Crippen molar-refractivity contribution in [3.63, 3.8) is 0 Å². The molecule has 6 heteroatoms. The van der Waals surface area contributed by atoms with Gasteiger partial charge in [-0.1, -0.05) is 4.68 Å². The molecule has 0 bridgehead atoms. The molecule has 0 fully saturated rings. The highest BCUT2D eigenvalue weighted by molar-refractivity contribution is 5.96. The third-order valence-corrected chi connectivity index (χ3v) is 3.07. The Morgan fingerprint density at radius 1 is 1.24 bits per heavy atom. The second-order valence-corrected chi connectivity index (χ2v) is 4.40. The number of nitrogens with one attached hydrogen (secondary N) is 1. The van der Waals surface area contributed by atoms with Gasteiger partial charge in [0.25, 0.3) is 5.91 Å². The van der Waals surface area contributed by atoms with Gasteiger partial charge >= 0.3 is 5.91 Å². The minimum atomic E-state index is -0.377. The lowest BCUT2D eigenvalue weighted by molar-refractivity contribution is -0.641. The highest BCUT2D eigenvalue weighted by Crippen LogP contribution is 2.02. The van der Waals surface area contributed by atoms with Crippen LogP contribution in [0, 0.1) is 0 Å². The van der Waals surface area contributed by atoms with Crippen molar-refractivity contribution in [3.05, 3.63) is 54.2 Å². The molecule has 2 amide bonds. The van der Waals surface area contributed by atoms with Crippen LogP contribution in [0.2, 0.25) is 0 Å². The molecule has 0 saturated heterocycles. The number of aromatic nitrogens is 1. The van der Waals surface area contributed by atoms with Crippen LogP contribution in [0.3, 0.4) is 0 Å². The molecule has 0 spiro atoms. The Kier molecular flexibility index (Phi) is 4.71. The fourth-order valence-electron chi connectivity index (χ4n) is 1.94. The van der Waals surface area contributed by atoms with Crippen molar-refractivity contribution in [3.8, 4) is 0 Å². The fraction of sp³-hybridized carbons (Fsp3) is 0.267. The number of nitrogens with zero attached hydrogens (tertiary/aromatic N) is 2. The number of rotatable bonds is 5. The number of pyridine rings is 1. The normalized spacial score (nSPS) is 10.2. The van der Waals surface area contributed by atoms with E-state index in [2.05, 4.69) is 5.43 Å². The predicted octanol–water partition coefficient (Wildman–Crippen LogP) is 1.43. The maximum Gasteiger partial charge on any atom is 0.340 e. The van der Waals surface area contributed by atoms with Gasteiger partial charge in [0.1, 0.15) is 5.56 Å². The van der Waals surface area contributed by atoms with Gasteiger partial charge in [0.2, 0.25) is 6.20 Å². The fourth-order valence-corrected chi connectivity index (χ4v) is 1.94. The van der Waals surface area contributed by atoms with Gasteiger partial charge in [0, 0.05) is 19.2 Å². The van der Waals surface area contributed by atoms with E-state index >= 15 is 0 Å². The van der Waals surface area contributed by atoms with Crippen molar-refractivity contribution in [2.45, 2.75) is 13.8 Å². The summed E-state index contributed by atoms with van der Waals surface area (Å²) < 4.78 is 6.46. The van der Waals surface area contributed by atoms with E-state index in [9.17, 15) is 9.59 Å². The van der Waals surface area contributed by atoms with Crippen molar-refractivity contribution in [1.29, 1.82) is 0 Å². The third kappa shape index (κ3) is 3.47. The van der Waals surface area contributed by atoms with Gasteiger partial charge in [-0.2, -0.15) is 0 Å². The number of carbonyl (C=O) groups is 2. The Morgan fingerprint density at radius 3 is 2.62 bits per heavy atom. The first-order valence-electron chi connectivity index (χ1n) is 6.81. The maximum absolute atomic E-state index is 12.3. The van der Waals surface area contributed by atoms with Crippen molar-refractivity contribution >= 4 is 11.8 Å². The Morgan fingerprint density at radius 2 is 2.00 bits per heavy atom. The summed E-state index contributed by atoms with van der Waals surface area (Å²) in [5, 5.41) is 0. The molecule has 0 aliphatic heterocycles. The molecule has 0 radical (unpaired) electrons. The van der Waals surface area contributed by atoms with E-state index in [1.807, 2.05) is 13.8 Å². The number of carbonyl (C=O) groups excluding carboxylic acids is 2. The molecule has 6 nitrogen and oxygen atoms in total. The number of hydrogen-bond acceptors (Lipinski definition) is 3. The van der Waals surface area contributed by atoms with Crippen LogP contribution in [-0.4, -0.2) is 29.8 Å². The lowest BCUT2D eigenvalue weighted by atomic mass is 10.2. The highest BCUT2D eigenvalue weighted by Gasteiger charge is 2.18. The van der Waals surface area contributed by atoms with E-state index in [1.54, 1.807) is 41.6 Å². The van der Waals surface area contributed by atoms with Crippen LogP contribution < -0.4 is 10.1 Å². The lowest BCUT2D eigenvalue weighted by Gasteiger charge is -2.17. The first-order valence-corrected chi connectivity index (χ1v) is 6.81. The molecule has 0 aliphatic carbocycles. The van der Waals surface area contributed by atoms with Crippen LogP contribution >= 0.6 is 0 Å². The second-order valence-electron chi connectivity index (χ2n) is 4.40. The molecule has 2 aromatic heterocycles. The van der Waals surface area contributed by atoms with Gasteiger partial charge in [-0.05, 0) is 32.0 Å². The van der Waals surface area contributed by atoms with Crippen LogP contribution in [0.4, 0.5) is 0 Å². The van der Waals surface area contributed by atoms with E-state index in [1.165, 1.54) is 10.9 Å². The lowest BCUT2D eigenvalue weighted by Crippen LogP contribution is -2.48. The molecule has 2 aromatic rings. The number of amides is 2. The molecule has 0 atom stereocenters. The summed E-state index contributed by atoms with van der Waals surface area (Å²) in [4.78, 5) is 25.9. The summed E-state index contributed by atoms with van der Waals surface area (Å²) in [5.41, 5.74) is 3.14. The molecule has 0 aromatic carbocycles. The summed E-state index contributed by atoms with van der Waals surface area (Å²) in [7, 11) is 0. The monoisotopic (exact) mass is 288 g/mol. The summed E-state index contributed by atoms with van der Waals surface area (Å²) in [6.45, 7) is 5.14. The third-order valence-electron chi connectivity index (χ3n) is 3.07. The first kappa shape index (κ1) is 14.8. The zero-order valence-electron chi connectivity index (χ0n) is 12.1. The van der Waals surface area contributed by atoms with Crippen LogP contribution in [-0.2, 0) is 0 Å². The van der Waals surface area contributed by atoms with Crippen molar-refractivity contribution in [2.75, 3.05) is 18.5 Å². The molecule has 0 saturated carbocycles. The summed E-state index contributed by atoms with van der Waals surface area (Å²) in [6.07, 6.45) is 4.67. The maximum atomic E-state index is 12.3. The molecule has 2 heterocycles. The molecule has 0 unspecified atom stereocenters. The van der Waals surface area contributed by atoms with Gasteiger partial charge < -0.3 is 9.32 Å². The van der Waals surface area contributed by atoms with Gasteiger partial charge in [-0.25, -0.2) is 0 Å². The van der Waals surface area contributed by atoms with Crippen molar-refractivity contribution in [2.24, 2.45) is 0 Å². The first-order chi connectivity index (χ1) is 10.2. The van der Waals surface area contributed by atoms with Crippen LogP contribution in [0.25, 0.3) is 0 Å². The standard InChI is InChI=1S/C15H17N3O3/c1-3-17(4-2)15(20)12-7-5-9-18(11-12)16-14(19)13-8-6-10-21-13/h5-11H,3-4H2,1-2H3/p+1. The second kappa shape index (κ2) is 6.69. The highest BCUT2D eigenvalue weighted by atomic mass is 16.3. The smallest absolute Gasteiger partial charge is 0.340 e. The Hall–Kier alpha value is -2.63. The van der Waals surface area contributed by atoms with E-state index in [4.69, 9.17) is 4.42 Å². The van der Waals surface area contributed by atoms with Gasteiger partial charge in [-0.3, -0.25) is 9.59 Å². The molecule has 2 rings (SSSR count). The molecule has 1 N–H and O–H groups in total. The van der Waals surface area contributed by atoms with Gasteiger partial charge in [0.05, 0.1) is 6.26 Å². The van der Waals surface area contributed by atoms with E-state index in [-0.39, 0.29) is 17.6 Å². The molecule has 110 valence electrons. The van der Waals surface area contributed by atoms with Crippen molar-refractivity contribution in [1.82, 2.24) is 4.90 Å². The number of hydrogen-bond donors (Lipinski definition) is 1. The topological polar surface area (TPSA) is 66.4 Å². The number of furan rings is 1. The average Bonchev–Trinajstić information content (AvgIpc) is 3.03. The molecular weight excluding hydrogens is 270 g/mol. The summed E-state index contributed by atoms with van der Waals surface area (Å²) in [6, 6.07) is 6.63. The van der Waals surface area contributed by atoms with Crippen molar-refractivity contribution < 1.29 is 18.7 Å². The quantitative estimate of drug-likeness (QED) is 0.846. The van der Waals surface area contributed by atoms with E-state index < -0.39 is 0 Å². The van der Waals surface area contributed by atoms with E-state index in [0.717, 1.165) is 0 Å². The Labute approximate surface area is 123 Å². The molecule has 0 aliphatic rings. The predicted molar refractivity (Wildman–Crippen MR) is 76.3 cm³/mol. The molecule has 21 heavy (non-hydrogen) atoms.